The Hall–Kier alpha value is -0.450. The number of ether oxygens (including phenoxy) is 1. The summed E-state index contributed by atoms with van der Waals surface area (Å²) >= 11 is 9.60. The van der Waals surface area contributed by atoms with E-state index in [4.69, 9.17) is 16.3 Å². The van der Waals surface area contributed by atoms with Crippen molar-refractivity contribution in [2.45, 2.75) is 19.9 Å². The molecule has 1 amide bonds. The summed E-state index contributed by atoms with van der Waals surface area (Å²) in [5.74, 6) is 0. The van der Waals surface area contributed by atoms with Crippen LogP contribution in [0.3, 0.4) is 0 Å². The van der Waals surface area contributed by atoms with Crippen molar-refractivity contribution in [1.82, 2.24) is 5.32 Å². The van der Waals surface area contributed by atoms with Crippen LogP contribution in [-0.2, 0) is 4.74 Å². The second-order valence-corrected chi connectivity index (χ2v) is 6.13. The third kappa shape index (κ3) is 3.11. The minimum Gasteiger partial charge on any atom is -0.449 e. The van der Waals surface area contributed by atoms with Gasteiger partial charge in [0.1, 0.15) is 6.61 Å². The lowest BCUT2D eigenvalue weighted by atomic mass is 9.80. The van der Waals surface area contributed by atoms with E-state index in [2.05, 4.69) is 21.2 Å². The highest BCUT2D eigenvalue weighted by Crippen LogP contribution is 2.40. The zero-order valence-electron chi connectivity index (χ0n) is 10.00. The van der Waals surface area contributed by atoms with Crippen LogP contribution in [0.1, 0.15) is 25.5 Å². The molecule has 1 N–H and O–H groups in total. The number of halogens is 3. The number of hydrogen-bond acceptors (Lipinski definition) is 2. The molecule has 1 saturated heterocycles. The fraction of sp³-hybridized carbons (Fsp3) is 0.417. The molecule has 100 valence electrons. The first-order valence-corrected chi connectivity index (χ1v) is 6.45. The van der Waals surface area contributed by atoms with Crippen molar-refractivity contribution in [3.8, 4) is 0 Å². The summed E-state index contributed by atoms with van der Waals surface area (Å²) in [5, 5.41) is 3.47. The smallest absolute Gasteiger partial charge is 0.407 e. The molecule has 1 aliphatic heterocycles. The standard InChI is InChI=1S/C12H13BrClNO2.ClH/c1-12(2)6-17-11(16)15-10(12)8-5-7(13)3-4-9(8)14;/h3-5,10H,6H2,1-2H3,(H,15,16);1H/t10-;/m0./s1. The number of hydrogen-bond donors (Lipinski definition) is 1. The van der Waals surface area contributed by atoms with Gasteiger partial charge in [-0.1, -0.05) is 41.4 Å². The maximum Gasteiger partial charge on any atom is 0.407 e. The fourth-order valence-electron chi connectivity index (χ4n) is 1.92. The normalized spacial score (nSPS) is 21.6. The fourth-order valence-corrected chi connectivity index (χ4v) is 2.53. The van der Waals surface area contributed by atoms with E-state index in [9.17, 15) is 4.79 Å². The molecular weight excluding hydrogens is 341 g/mol. The van der Waals surface area contributed by atoms with Crippen molar-refractivity contribution in [3.05, 3.63) is 33.3 Å². The predicted octanol–water partition coefficient (Wildman–Crippen LogP) is 4.33. The van der Waals surface area contributed by atoms with Crippen LogP contribution in [0.2, 0.25) is 5.02 Å². The van der Waals surface area contributed by atoms with Gasteiger partial charge in [-0.25, -0.2) is 4.79 Å². The summed E-state index contributed by atoms with van der Waals surface area (Å²) < 4.78 is 5.95. The summed E-state index contributed by atoms with van der Waals surface area (Å²) in [6.45, 7) is 4.45. The van der Waals surface area contributed by atoms with Gasteiger partial charge in [0.25, 0.3) is 0 Å². The molecule has 1 aromatic carbocycles. The van der Waals surface area contributed by atoms with Crippen LogP contribution < -0.4 is 5.32 Å². The summed E-state index contributed by atoms with van der Waals surface area (Å²) in [7, 11) is 0. The van der Waals surface area contributed by atoms with Gasteiger partial charge in [-0.2, -0.15) is 0 Å². The van der Waals surface area contributed by atoms with Crippen molar-refractivity contribution < 1.29 is 9.53 Å². The molecule has 0 spiro atoms. The second-order valence-electron chi connectivity index (χ2n) is 4.81. The number of benzene rings is 1. The highest BCUT2D eigenvalue weighted by Gasteiger charge is 2.38. The van der Waals surface area contributed by atoms with E-state index >= 15 is 0 Å². The molecule has 0 radical (unpaired) electrons. The van der Waals surface area contributed by atoms with E-state index < -0.39 is 6.09 Å². The number of alkyl carbamates (subject to hydrolysis) is 1. The third-order valence-corrected chi connectivity index (χ3v) is 3.73. The Morgan fingerprint density at radius 1 is 1.50 bits per heavy atom. The second kappa shape index (κ2) is 5.68. The van der Waals surface area contributed by atoms with Crippen LogP contribution in [0.15, 0.2) is 22.7 Å². The minimum absolute atomic E-state index is 0. The molecule has 6 heteroatoms. The predicted molar refractivity (Wildman–Crippen MR) is 77.4 cm³/mol. The quantitative estimate of drug-likeness (QED) is 0.814. The number of carbonyl (C=O) groups is 1. The maximum absolute atomic E-state index is 11.3. The van der Waals surface area contributed by atoms with Gasteiger partial charge in [0.2, 0.25) is 0 Å². The Morgan fingerprint density at radius 3 is 2.83 bits per heavy atom. The average molecular weight is 355 g/mol. The Kier molecular flexibility index (Phi) is 4.92. The number of carbonyl (C=O) groups excluding carboxylic acids is 1. The monoisotopic (exact) mass is 353 g/mol. The average Bonchev–Trinajstić information content (AvgIpc) is 2.26. The Balaban J connectivity index is 0.00000162. The number of cyclic esters (lactones) is 1. The van der Waals surface area contributed by atoms with Crippen molar-refractivity contribution >= 4 is 46.0 Å². The van der Waals surface area contributed by atoms with Gasteiger partial charge in [-0.3, -0.25) is 0 Å². The zero-order valence-corrected chi connectivity index (χ0v) is 13.2. The lowest BCUT2D eigenvalue weighted by Gasteiger charge is -2.38. The van der Waals surface area contributed by atoms with Crippen LogP contribution in [0.25, 0.3) is 0 Å². The van der Waals surface area contributed by atoms with Gasteiger partial charge >= 0.3 is 6.09 Å². The van der Waals surface area contributed by atoms with E-state index in [0.717, 1.165) is 10.0 Å². The number of nitrogens with one attached hydrogen (secondary N) is 1. The summed E-state index contributed by atoms with van der Waals surface area (Å²) in [6.07, 6.45) is -0.398. The van der Waals surface area contributed by atoms with E-state index in [1.807, 2.05) is 32.0 Å². The molecule has 1 heterocycles. The molecule has 0 aromatic heterocycles. The number of rotatable bonds is 1. The van der Waals surface area contributed by atoms with Crippen LogP contribution >= 0.6 is 39.9 Å². The van der Waals surface area contributed by atoms with Gasteiger partial charge in [0.15, 0.2) is 0 Å². The van der Waals surface area contributed by atoms with Crippen LogP contribution in [0.4, 0.5) is 4.79 Å². The zero-order chi connectivity index (χ0) is 12.6. The van der Waals surface area contributed by atoms with Gasteiger partial charge in [-0.15, -0.1) is 12.4 Å². The van der Waals surface area contributed by atoms with Gasteiger partial charge in [-0.05, 0) is 23.8 Å². The Morgan fingerprint density at radius 2 is 2.17 bits per heavy atom. The molecule has 0 bridgehead atoms. The van der Waals surface area contributed by atoms with Crippen molar-refractivity contribution in [1.29, 1.82) is 0 Å². The lowest BCUT2D eigenvalue weighted by Crippen LogP contribution is -2.47. The molecular formula is C12H14BrCl2NO2. The molecule has 3 nitrogen and oxygen atoms in total. The molecule has 0 unspecified atom stereocenters. The van der Waals surface area contributed by atoms with Gasteiger partial charge in [0, 0.05) is 14.9 Å². The first-order valence-electron chi connectivity index (χ1n) is 5.28. The SMILES string of the molecule is CC1(C)COC(=O)N[C@H]1c1cc(Br)ccc1Cl.Cl. The highest BCUT2D eigenvalue weighted by molar-refractivity contribution is 9.10. The molecule has 2 rings (SSSR count). The lowest BCUT2D eigenvalue weighted by molar-refractivity contribution is 0.0387. The molecule has 1 fully saturated rings. The third-order valence-electron chi connectivity index (χ3n) is 2.89. The van der Waals surface area contributed by atoms with E-state index in [1.165, 1.54) is 0 Å². The summed E-state index contributed by atoms with van der Waals surface area (Å²) in [6, 6.07) is 5.48. The maximum atomic E-state index is 11.3. The van der Waals surface area contributed by atoms with E-state index in [1.54, 1.807) is 0 Å². The Labute approximate surface area is 126 Å². The van der Waals surface area contributed by atoms with E-state index in [-0.39, 0.29) is 23.9 Å². The van der Waals surface area contributed by atoms with Crippen molar-refractivity contribution in [3.63, 3.8) is 0 Å². The summed E-state index contributed by atoms with van der Waals surface area (Å²) in [4.78, 5) is 11.3. The highest BCUT2D eigenvalue weighted by atomic mass is 79.9. The largest absolute Gasteiger partial charge is 0.449 e. The van der Waals surface area contributed by atoms with Crippen molar-refractivity contribution in [2.24, 2.45) is 5.41 Å². The van der Waals surface area contributed by atoms with Crippen LogP contribution in [0, 0.1) is 5.41 Å². The first-order chi connectivity index (χ1) is 7.90. The number of amides is 1. The van der Waals surface area contributed by atoms with Crippen LogP contribution in [0.5, 0.6) is 0 Å². The molecule has 0 aliphatic carbocycles. The van der Waals surface area contributed by atoms with Gasteiger partial charge in [0.05, 0.1) is 6.04 Å². The summed E-state index contributed by atoms with van der Waals surface area (Å²) in [5.41, 5.74) is 0.709. The molecule has 1 atom stereocenters. The first kappa shape index (κ1) is 15.6. The topological polar surface area (TPSA) is 38.3 Å². The van der Waals surface area contributed by atoms with Crippen LogP contribution in [-0.4, -0.2) is 12.7 Å². The van der Waals surface area contributed by atoms with Gasteiger partial charge < -0.3 is 10.1 Å². The molecule has 0 saturated carbocycles. The molecule has 1 aliphatic rings. The minimum atomic E-state index is -0.398. The molecule has 18 heavy (non-hydrogen) atoms. The van der Waals surface area contributed by atoms with E-state index in [0.29, 0.717) is 11.6 Å². The molecule has 1 aromatic rings. The Bertz CT molecular complexity index is 465. The van der Waals surface area contributed by atoms with Crippen molar-refractivity contribution in [2.75, 3.05) is 6.61 Å².